The number of nitrogens with zero attached hydrogens (tertiary/aromatic N) is 6. The first-order valence-electron chi connectivity index (χ1n) is 12.9. The number of likely N-dealkylation sites (N-methyl/N-ethyl adjacent to an activating group) is 1. The van der Waals surface area contributed by atoms with Gasteiger partial charge in [0.1, 0.15) is 0 Å². The van der Waals surface area contributed by atoms with Crippen LogP contribution in [0.15, 0.2) is 76.5 Å². The fraction of sp³-hybridized carbons (Fsp3) is 0.556. The predicted octanol–water partition coefficient (Wildman–Crippen LogP) is 2.76. The number of benzene rings is 2. The third-order valence-electron chi connectivity index (χ3n) is 7.18. The number of hydrogen-bond acceptors (Lipinski definition) is 6. The third-order valence-corrected chi connectivity index (χ3v) is 7.18. The Morgan fingerprint density at radius 1 is 0.757 bits per heavy atom. The SMILES string of the molecule is CN(C[C@H](Cc1ccccc1)N(C[C@@H](CC1CCCCC1)N(CCc1ccccc1)N=O)N=O)N=O.[Na+]. The summed E-state index contributed by atoms with van der Waals surface area (Å²) in [5.41, 5.74) is 2.17. The van der Waals surface area contributed by atoms with Crippen molar-refractivity contribution < 1.29 is 29.6 Å². The Balaban J connectivity index is 0.00000481. The molecule has 0 spiro atoms. The van der Waals surface area contributed by atoms with E-state index in [1.165, 1.54) is 29.3 Å². The van der Waals surface area contributed by atoms with Gasteiger partial charge in [-0.15, -0.1) is 14.7 Å². The van der Waals surface area contributed by atoms with E-state index in [0.29, 0.717) is 25.3 Å². The van der Waals surface area contributed by atoms with Crippen molar-refractivity contribution in [3.63, 3.8) is 0 Å². The fourth-order valence-electron chi connectivity index (χ4n) is 5.23. The second-order valence-corrected chi connectivity index (χ2v) is 9.84. The Kier molecular flexibility index (Phi) is 14.4. The molecule has 3 rings (SSSR count). The molecule has 0 amide bonds. The van der Waals surface area contributed by atoms with Crippen molar-refractivity contribution in [3.8, 4) is 0 Å². The molecule has 1 fully saturated rings. The van der Waals surface area contributed by atoms with E-state index in [1.54, 1.807) is 12.1 Å². The maximum atomic E-state index is 12.1. The predicted molar refractivity (Wildman–Crippen MR) is 142 cm³/mol. The summed E-state index contributed by atoms with van der Waals surface area (Å²) in [7, 11) is 1.59. The molecule has 1 aliphatic carbocycles. The van der Waals surface area contributed by atoms with Crippen molar-refractivity contribution in [2.75, 3.05) is 26.7 Å². The topological polar surface area (TPSA) is 98.0 Å². The van der Waals surface area contributed by atoms with Crippen LogP contribution in [0.3, 0.4) is 0 Å². The molecule has 2 aromatic carbocycles. The van der Waals surface area contributed by atoms with Crippen molar-refractivity contribution in [2.45, 2.75) is 63.5 Å². The Hall–Kier alpha value is -2.36. The molecule has 0 aliphatic heterocycles. The monoisotopic (exact) mass is 517 g/mol. The summed E-state index contributed by atoms with van der Waals surface area (Å²) in [6.45, 7) is 0.986. The van der Waals surface area contributed by atoms with Gasteiger partial charge in [-0.25, -0.2) is 0 Å². The van der Waals surface area contributed by atoms with Gasteiger partial charge >= 0.3 is 29.6 Å². The first-order valence-corrected chi connectivity index (χ1v) is 12.9. The normalized spacial score (nSPS) is 15.1. The van der Waals surface area contributed by atoms with Gasteiger partial charge in [-0.05, 0) is 36.3 Å². The van der Waals surface area contributed by atoms with Gasteiger partial charge in [0.05, 0.1) is 41.0 Å². The molecule has 2 aromatic rings. The van der Waals surface area contributed by atoms with E-state index in [-0.39, 0.29) is 54.7 Å². The summed E-state index contributed by atoms with van der Waals surface area (Å²) >= 11 is 0. The summed E-state index contributed by atoms with van der Waals surface area (Å²) < 4.78 is 0. The smallest absolute Gasteiger partial charge is 0.262 e. The van der Waals surface area contributed by atoms with Gasteiger partial charge in [-0.1, -0.05) is 92.8 Å². The average molecular weight is 518 g/mol. The van der Waals surface area contributed by atoms with E-state index in [2.05, 4.69) is 15.9 Å². The molecule has 1 aliphatic rings. The van der Waals surface area contributed by atoms with Crippen LogP contribution in [0.4, 0.5) is 0 Å². The standard InChI is InChI=1S/C27H38N6O3.Na/c1-31(28-34)21-26(19-24-13-7-3-8-14-24)33(30-36)22-27(20-25-15-9-4-10-16-25)32(29-35)18-17-23-11-5-2-6-12-23;/h2-3,5-8,11-14,25-27H,4,9-10,15-22H2,1H3;/q;+1/t26-,27+;/m0./s1. The number of rotatable bonds is 16. The van der Waals surface area contributed by atoms with Crippen molar-refractivity contribution in [1.82, 2.24) is 15.0 Å². The molecule has 0 saturated heterocycles. The summed E-state index contributed by atoms with van der Waals surface area (Å²) in [5.74, 6) is 0.491. The molecule has 0 bridgehead atoms. The van der Waals surface area contributed by atoms with Crippen LogP contribution < -0.4 is 29.6 Å². The van der Waals surface area contributed by atoms with E-state index in [4.69, 9.17) is 0 Å². The van der Waals surface area contributed by atoms with Crippen LogP contribution in [-0.2, 0) is 12.8 Å². The minimum absolute atomic E-state index is 0. The molecule has 10 heteroatoms. The Morgan fingerprint density at radius 3 is 1.92 bits per heavy atom. The zero-order valence-electron chi connectivity index (χ0n) is 22.2. The van der Waals surface area contributed by atoms with Crippen LogP contribution in [0.1, 0.15) is 49.7 Å². The largest absolute Gasteiger partial charge is 1.00 e. The molecule has 0 radical (unpaired) electrons. The van der Waals surface area contributed by atoms with Gasteiger partial charge in [0.25, 0.3) is 0 Å². The van der Waals surface area contributed by atoms with Crippen LogP contribution in [0, 0.1) is 20.6 Å². The maximum absolute atomic E-state index is 12.1. The first-order chi connectivity index (χ1) is 17.6. The number of hydrogen-bond donors (Lipinski definition) is 0. The van der Waals surface area contributed by atoms with Crippen LogP contribution in [0.2, 0.25) is 0 Å². The average Bonchev–Trinajstić information content (AvgIpc) is 2.93. The van der Waals surface area contributed by atoms with Crippen LogP contribution in [0.25, 0.3) is 0 Å². The van der Waals surface area contributed by atoms with Crippen LogP contribution in [0.5, 0.6) is 0 Å². The second kappa shape index (κ2) is 17.2. The summed E-state index contributed by atoms with van der Waals surface area (Å²) in [5, 5.41) is 14.2. The molecule has 37 heavy (non-hydrogen) atoms. The zero-order valence-corrected chi connectivity index (χ0v) is 24.2. The van der Waals surface area contributed by atoms with Gasteiger partial charge in [-0.3, -0.25) is 15.0 Å². The fourth-order valence-corrected chi connectivity index (χ4v) is 5.23. The second-order valence-electron chi connectivity index (χ2n) is 9.84. The molecule has 0 aromatic heterocycles. The molecular weight excluding hydrogens is 479 g/mol. The minimum atomic E-state index is -0.371. The Bertz CT molecular complexity index is 917. The van der Waals surface area contributed by atoms with Gasteiger partial charge in [0, 0.05) is 13.6 Å². The molecule has 194 valence electrons. The van der Waals surface area contributed by atoms with Gasteiger partial charge in [-0.2, -0.15) is 0 Å². The molecule has 0 unspecified atom stereocenters. The minimum Gasteiger partial charge on any atom is -0.262 e. The van der Waals surface area contributed by atoms with Crippen molar-refractivity contribution in [2.24, 2.45) is 21.8 Å². The van der Waals surface area contributed by atoms with E-state index in [1.807, 2.05) is 60.7 Å². The van der Waals surface area contributed by atoms with E-state index < -0.39 is 0 Å². The first kappa shape index (κ1) is 30.9. The van der Waals surface area contributed by atoms with Gasteiger partial charge in [0.15, 0.2) is 0 Å². The van der Waals surface area contributed by atoms with Crippen LogP contribution >= 0.6 is 0 Å². The van der Waals surface area contributed by atoms with Crippen molar-refractivity contribution in [3.05, 3.63) is 86.5 Å². The van der Waals surface area contributed by atoms with Crippen molar-refractivity contribution in [1.29, 1.82) is 0 Å². The molecule has 1 saturated carbocycles. The van der Waals surface area contributed by atoms with Gasteiger partial charge < -0.3 is 0 Å². The Morgan fingerprint density at radius 2 is 1.35 bits per heavy atom. The molecule has 2 atom stereocenters. The maximum Gasteiger partial charge on any atom is 1.00 e. The van der Waals surface area contributed by atoms with Crippen molar-refractivity contribution >= 4 is 0 Å². The molecular formula is C27H38N6NaO3+. The van der Waals surface area contributed by atoms with Crippen LogP contribution in [-0.4, -0.2) is 53.8 Å². The van der Waals surface area contributed by atoms with E-state index in [9.17, 15) is 14.7 Å². The van der Waals surface area contributed by atoms with Gasteiger partial charge in [0.2, 0.25) is 0 Å². The molecule has 0 heterocycles. The zero-order chi connectivity index (χ0) is 25.6. The Labute approximate surface area is 242 Å². The quantitative estimate of drug-likeness (QED) is 0.193. The molecule has 0 N–H and O–H groups in total. The summed E-state index contributed by atoms with van der Waals surface area (Å²) in [6, 6.07) is 19.2. The van der Waals surface area contributed by atoms with E-state index in [0.717, 1.165) is 30.4 Å². The molecule has 9 nitrogen and oxygen atoms in total. The number of nitroso groups, excluding NO2 is 3. The van der Waals surface area contributed by atoms with E-state index >= 15 is 0 Å². The summed E-state index contributed by atoms with van der Waals surface area (Å²) in [4.78, 5) is 35.3. The third kappa shape index (κ3) is 10.5. The summed E-state index contributed by atoms with van der Waals surface area (Å²) in [6.07, 6.45) is 7.89.